The van der Waals surface area contributed by atoms with E-state index < -0.39 is 116 Å². The van der Waals surface area contributed by atoms with Crippen LogP contribution in [0.25, 0.3) is 22.3 Å². The average molecular weight is 712 g/mol. The lowest BCUT2D eigenvalue weighted by Gasteiger charge is -2.18. The number of hydrogen-bond acceptors (Lipinski definition) is 6. The molecule has 1 aliphatic rings. The molecular formula is C26H4F16N2O4. The summed E-state index contributed by atoms with van der Waals surface area (Å²) in [6, 6.07) is 1.51. The summed E-state index contributed by atoms with van der Waals surface area (Å²) in [5.41, 5.74) is -11.4. The minimum absolute atomic E-state index is 0.0287. The standard InChI is InChI=1S/C26H4F16N2O4/c27-19-12(6-44)20(28)22(30)18(21(19)29)11(5-43)17-9-3-15(47-25(37,38)39)13(45-23(31,32)33)1-7(9)8-2-14(46-24(34,35)36)16(4-10(8)17)48-26(40,41)42/h1-4H. The fourth-order valence-electron chi connectivity index (χ4n) is 4.40. The predicted octanol–water partition coefficient (Wildman–Crippen LogP) is 9.17. The van der Waals surface area contributed by atoms with E-state index in [2.05, 4.69) is 18.9 Å². The van der Waals surface area contributed by atoms with E-state index in [0.29, 0.717) is 0 Å². The van der Waals surface area contributed by atoms with Crippen molar-refractivity contribution in [3.8, 4) is 46.3 Å². The molecule has 3 aromatic carbocycles. The van der Waals surface area contributed by atoms with Crippen molar-refractivity contribution >= 4 is 11.1 Å². The van der Waals surface area contributed by atoms with Crippen molar-refractivity contribution in [3.05, 3.63) is 69.8 Å². The van der Waals surface area contributed by atoms with E-state index in [-0.39, 0.29) is 24.3 Å². The maximum absolute atomic E-state index is 15.1. The van der Waals surface area contributed by atoms with Gasteiger partial charge in [-0.25, -0.2) is 17.6 Å². The Kier molecular flexibility index (Phi) is 8.54. The summed E-state index contributed by atoms with van der Waals surface area (Å²) in [5, 5.41) is 18.7. The number of fused-ring (bicyclic) bond motifs is 3. The average Bonchev–Trinajstić information content (AvgIpc) is 3.19. The Hall–Kier alpha value is -5.54. The highest BCUT2D eigenvalue weighted by molar-refractivity contribution is 6.14. The summed E-state index contributed by atoms with van der Waals surface area (Å²) < 4.78 is 231. The van der Waals surface area contributed by atoms with Gasteiger partial charge in [0.1, 0.15) is 17.7 Å². The Morgan fingerprint density at radius 1 is 0.479 bits per heavy atom. The second-order valence-electron chi connectivity index (χ2n) is 8.86. The molecule has 4 rings (SSSR count). The van der Waals surface area contributed by atoms with E-state index in [0.717, 1.165) is 12.1 Å². The molecule has 6 nitrogen and oxygen atoms in total. The van der Waals surface area contributed by atoms with Gasteiger partial charge in [-0.3, -0.25) is 0 Å². The number of alkyl halides is 12. The third-order valence-electron chi connectivity index (χ3n) is 5.89. The third kappa shape index (κ3) is 7.06. The maximum atomic E-state index is 15.1. The first kappa shape index (κ1) is 35.3. The van der Waals surface area contributed by atoms with Crippen molar-refractivity contribution in [2.24, 2.45) is 0 Å². The fraction of sp³-hybridized carbons (Fsp3) is 0.154. The highest BCUT2D eigenvalue weighted by Crippen LogP contribution is 2.55. The molecule has 0 saturated carbocycles. The molecule has 0 spiro atoms. The van der Waals surface area contributed by atoms with Gasteiger partial charge in [0.2, 0.25) is 0 Å². The van der Waals surface area contributed by atoms with Gasteiger partial charge in [0, 0.05) is 5.57 Å². The summed E-state index contributed by atoms with van der Waals surface area (Å²) >= 11 is 0. The molecule has 0 atom stereocenters. The number of ether oxygens (including phenoxy) is 4. The monoisotopic (exact) mass is 712 g/mol. The summed E-state index contributed by atoms with van der Waals surface area (Å²) in [5.74, 6) is -17.7. The Balaban J connectivity index is 2.25. The molecule has 0 N–H and O–H groups in total. The van der Waals surface area contributed by atoms with Gasteiger partial charge in [-0.05, 0) is 46.5 Å². The number of nitrogens with zero attached hydrogens (tertiary/aromatic N) is 2. The van der Waals surface area contributed by atoms with E-state index in [1.54, 1.807) is 0 Å². The van der Waals surface area contributed by atoms with Crippen molar-refractivity contribution in [2.45, 2.75) is 25.4 Å². The van der Waals surface area contributed by atoms with Crippen LogP contribution in [0.3, 0.4) is 0 Å². The first-order chi connectivity index (χ1) is 21.9. The SMILES string of the molecule is N#CC(=C1c2cc(OC(F)(F)F)c(OC(F)(F)F)cc2-c2cc(OC(F)(F)F)c(OC(F)(F)F)cc21)c1c(F)c(F)c(C#N)c(F)c1F. The molecule has 0 radical (unpaired) electrons. The second kappa shape index (κ2) is 11.6. The minimum Gasteiger partial charge on any atom is -0.402 e. The van der Waals surface area contributed by atoms with Crippen LogP contribution in [0.4, 0.5) is 70.2 Å². The van der Waals surface area contributed by atoms with Crippen LogP contribution in [0.1, 0.15) is 22.3 Å². The Bertz CT molecular complexity index is 1830. The highest BCUT2D eigenvalue weighted by atomic mass is 19.4. The molecular weight excluding hydrogens is 708 g/mol. The number of allylic oxidation sites excluding steroid dienone is 1. The normalized spacial score (nSPS) is 12.9. The molecule has 48 heavy (non-hydrogen) atoms. The number of rotatable bonds is 5. The van der Waals surface area contributed by atoms with E-state index in [1.165, 1.54) is 0 Å². The van der Waals surface area contributed by atoms with Gasteiger partial charge in [-0.15, -0.1) is 52.7 Å². The highest BCUT2D eigenvalue weighted by Gasteiger charge is 2.42. The first-order valence-corrected chi connectivity index (χ1v) is 11.7. The lowest BCUT2D eigenvalue weighted by atomic mass is 9.92. The predicted molar refractivity (Wildman–Crippen MR) is 121 cm³/mol. The second-order valence-corrected chi connectivity index (χ2v) is 8.86. The fourth-order valence-corrected chi connectivity index (χ4v) is 4.40. The summed E-state index contributed by atoms with van der Waals surface area (Å²) in [6.07, 6.45) is -23.3. The van der Waals surface area contributed by atoms with Crippen molar-refractivity contribution in [3.63, 3.8) is 0 Å². The van der Waals surface area contributed by atoms with E-state index in [4.69, 9.17) is 5.26 Å². The first-order valence-electron chi connectivity index (χ1n) is 11.7. The van der Waals surface area contributed by atoms with Gasteiger partial charge in [0.15, 0.2) is 46.3 Å². The number of nitriles is 2. The topological polar surface area (TPSA) is 84.5 Å². The quantitative estimate of drug-likeness (QED) is 0.117. The zero-order valence-corrected chi connectivity index (χ0v) is 21.9. The maximum Gasteiger partial charge on any atom is 0.573 e. The molecule has 1 aliphatic carbocycles. The lowest BCUT2D eigenvalue weighted by Crippen LogP contribution is -2.21. The number of benzene rings is 3. The van der Waals surface area contributed by atoms with Gasteiger partial charge in [-0.2, -0.15) is 10.5 Å². The minimum atomic E-state index is -5.84. The number of hydrogen-bond donors (Lipinski definition) is 0. The molecule has 0 saturated heterocycles. The van der Waals surface area contributed by atoms with Crippen LogP contribution in [0.2, 0.25) is 0 Å². The molecule has 0 aromatic heterocycles. The molecule has 0 heterocycles. The molecule has 0 amide bonds. The van der Waals surface area contributed by atoms with Gasteiger partial charge in [0.05, 0.1) is 11.1 Å². The zero-order valence-electron chi connectivity index (χ0n) is 21.9. The van der Waals surface area contributed by atoms with Crippen LogP contribution in [-0.4, -0.2) is 25.4 Å². The van der Waals surface area contributed by atoms with Gasteiger partial charge in [-0.1, -0.05) is 0 Å². The molecule has 3 aromatic rings. The van der Waals surface area contributed by atoms with Crippen molar-refractivity contribution in [1.29, 1.82) is 10.5 Å². The summed E-state index contributed by atoms with van der Waals surface area (Å²) in [4.78, 5) is 0. The molecule has 254 valence electrons. The smallest absolute Gasteiger partial charge is 0.402 e. The van der Waals surface area contributed by atoms with Crippen molar-refractivity contribution in [2.75, 3.05) is 0 Å². The summed E-state index contributed by atoms with van der Waals surface area (Å²) in [6.45, 7) is 0. The molecule has 0 fully saturated rings. The molecule has 0 aliphatic heterocycles. The van der Waals surface area contributed by atoms with Crippen molar-refractivity contribution in [1.82, 2.24) is 0 Å². The largest absolute Gasteiger partial charge is 0.573 e. The van der Waals surface area contributed by atoms with Crippen LogP contribution >= 0.6 is 0 Å². The number of halogens is 16. The van der Waals surface area contributed by atoms with E-state index >= 15 is 8.78 Å². The zero-order chi connectivity index (χ0) is 36.3. The van der Waals surface area contributed by atoms with Gasteiger partial charge in [0.25, 0.3) is 0 Å². The van der Waals surface area contributed by atoms with Crippen LogP contribution < -0.4 is 18.9 Å². The summed E-state index contributed by atoms with van der Waals surface area (Å²) in [7, 11) is 0. The van der Waals surface area contributed by atoms with Crippen LogP contribution in [0, 0.1) is 45.9 Å². The lowest BCUT2D eigenvalue weighted by molar-refractivity contribution is -0.287. The Labute approximate surface area is 253 Å². The van der Waals surface area contributed by atoms with Crippen LogP contribution in [0.5, 0.6) is 23.0 Å². The van der Waals surface area contributed by atoms with E-state index in [9.17, 15) is 66.7 Å². The van der Waals surface area contributed by atoms with Crippen LogP contribution in [-0.2, 0) is 0 Å². The molecule has 0 unspecified atom stereocenters. The molecule has 22 heteroatoms. The third-order valence-corrected chi connectivity index (χ3v) is 5.89. The van der Waals surface area contributed by atoms with Gasteiger partial charge < -0.3 is 18.9 Å². The Morgan fingerprint density at radius 2 is 0.771 bits per heavy atom. The molecule has 0 bridgehead atoms. The van der Waals surface area contributed by atoms with Crippen molar-refractivity contribution < 1.29 is 89.2 Å². The van der Waals surface area contributed by atoms with Crippen LogP contribution in [0.15, 0.2) is 24.3 Å². The Morgan fingerprint density at radius 3 is 1.02 bits per heavy atom. The van der Waals surface area contributed by atoms with E-state index in [1.807, 2.05) is 0 Å². The van der Waals surface area contributed by atoms with Gasteiger partial charge >= 0.3 is 25.4 Å².